The third-order valence-corrected chi connectivity index (χ3v) is 5.18. The summed E-state index contributed by atoms with van der Waals surface area (Å²) in [4.78, 5) is 18.6. The highest BCUT2D eigenvalue weighted by molar-refractivity contribution is 6.32. The Labute approximate surface area is 175 Å². The summed E-state index contributed by atoms with van der Waals surface area (Å²) >= 11 is 6.07. The number of imidazole rings is 1. The minimum Gasteiger partial charge on any atom is -0.378 e. The van der Waals surface area contributed by atoms with Gasteiger partial charge in [0.25, 0.3) is 5.91 Å². The van der Waals surface area contributed by atoms with Crippen molar-refractivity contribution >= 4 is 28.8 Å². The molecule has 3 heterocycles. The fourth-order valence-electron chi connectivity index (χ4n) is 3.43. The molecule has 0 atom stereocenters. The molecular formula is C20H18ClF3N4O2. The first kappa shape index (κ1) is 20.5. The number of carbonyl (C=O) groups excluding carboxylic acids is 1. The van der Waals surface area contributed by atoms with E-state index in [9.17, 15) is 18.0 Å². The standard InChI is InChI=1S/C20H18ClF3N4O2/c21-18-17(28-6-2-1-3-16(28)26-18)19(29)25-12-13-4-5-14(11-15(13)20(22,23)24)27-7-9-30-10-8-27/h1-6,11H,7-10,12H2,(H,25,29). The van der Waals surface area contributed by atoms with E-state index >= 15 is 0 Å². The van der Waals surface area contributed by atoms with Crippen LogP contribution in [-0.4, -0.2) is 41.6 Å². The molecule has 2 aromatic heterocycles. The predicted molar refractivity (Wildman–Crippen MR) is 106 cm³/mol. The first-order valence-corrected chi connectivity index (χ1v) is 9.66. The minimum atomic E-state index is -4.55. The van der Waals surface area contributed by atoms with Gasteiger partial charge in [0, 0.05) is 31.5 Å². The van der Waals surface area contributed by atoms with E-state index in [0.29, 0.717) is 37.6 Å². The van der Waals surface area contributed by atoms with Crippen molar-refractivity contribution in [1.29, 1.82) is 0 Å². The number of aromatic nitrogens is 2. The van der Waals surface area contributed by atoms with Crippen LogP contribution in [0.5, 0.6) is 0 Å². The molecule has 4 rings (SSSR count). The van der Waals surface area contributed by atoms with Gasteiger partial charge < -0.3 is 15.0 Å². The molecule has 1 amide bonds. The number of nitrogens with one attached hydrogen (secondary N) is 1. The van der Waals surface area contributed by atoms with E-state index in [0.717, 1.165) is 6.07 Å². The lowest BCUT2D eigenvalue weighted by molar-refractivity contribution is -0.138. The second kappa shape index (κ2) is 8.16. The van der Waals surface area contributed by atoms with Gasteiger partial charge in [0.05, 0.1) is 18.8 Å². The molecule has 158 valence electrons. The van der Waals surface area contributed by atoms with Gasteiger partial charge in [-0.05, 0) is 29.8 Å². The number of amides is 1. The number of halogens is 4. The van der Waals surface area contributed by atoms with E-state index in [1.807, 2.05) is 4.90 Å². The summed E-state index contributed by atoms with van der Waals surface area (Å²) in [6, 6.07) is 9.26. The van der Waals surface area contributed by atoms with E-state index in [1.54, 1.807) is 30.5 Å². The molecule has 1 aliphatic rings. The summed E-state index contributed by atoms with van der Waals surface area (Å²) in [6.45, 7) is 1.70. The van der Waals surface area contributed by atoms with Gasteiger partial charge in [0.2, 0.25) is 0 Å². The summed E-state index contributed by atoms with van der Waals surface area (Å²) in [5.74, 6) is -0.607. The van der Waals surface area contributed by atoms with Crippen LogP contribution in [0.1, 0.15) is 21.6 Å². The molecule has 0 radical (unpaired) electrons. The van der Waals surface area contributed by atoms with Crippen molar-refractivity contribution in [2.75, 3.05) is 31.2 Å². The van der Waals surface area contributed by atoms with E-state index in [-0.39, 0.29) is 23.0 Å². The zero-order valence-corrected chi connectivity index (χ0v) is 16.5. The van der Waals surface area contributed by atoms with Crippen LogP contribution in [-0.2, 0) is 17.5 Å². The third kappa shape index (κ3) is 4.08. The van der Waals surface area contributed by atoms with Crippen LogP contribution in [0.15, 0.2) is 42.6 Å². The number of benzene rings is 1. The minimum absolute atomic E-state index is 0.0163. The fourth-order valence-corrected chi connectivity index (χ4v) is 3.69. The molecule has 0 spiro atoms. The number of pyridine rings is 1. The van der Waals surface area contributed by atoms with Crippen LogP contribution in [0.4, 0.5) is 18.9 Å². The number of fused-ring (bicyclic) bond motifs is 1. The van der Waals surface area contributed by atoms with Crippen LogP contribution in [0, 0.1) is 0 Å². The quantitative estimate of drug-likeness (QED) is 0.673. The highest BCUT2D eigenvalue weighted by Crippen LogP contribution is 2.35. The molecule has 1 aliphatic heterocycles. The Morgan fingerprint density at radius 1 is 1.20 bits per heavy atom. The Morgan fingerprint density at radius 3 is 2.70 bits per heavy atom. The van der Waals surface area contributed by atoms with Gasteiger partial charge >= 0.3 is 6.18 Å². The Bertz CT molecular complexity index is 1080. The summed E-state index contributed by atoms with van der Waals surface area (Å²) < 4.78 is 47.8. The first-order valence-electron chi connectivity index (χ1n) is 9.28. The van der Waals surface area contributed by atoms with Crippen molar-refractivity contribution in [2.45, 2.75) is 12.7 Å². The number of alkyl halides is 3. The number of ether oxygens (including phenoxy) is 1. The number of hydrogen-bond donors (Lipinski definition) is 1. The van der Waals surface area contributed by atoms with Crippen LogP contribution in [0.3, 0.4) is 0 Å². The largest absolute Gasteiger partial charge is 0.416 e. The molecule has 0 bridgehead atoms. The van der Waals surface area contributed by atoms with Crippen LogP contribution in [0.2, 0.25) is 5.15 Å². The second-order valence-electron chi connectivity index (χ2n) is 6.80. The van der Waals surface area contributed by atoms with Crippen molar-refractivity contribution in [3.05, 3.63) is 64.6 Å². The molecular weight excluding hydrogens is 421 g/mol. The fraction of sp³-hybridized carbons (Fsp3) is 0.300. The molecule has 3 aromatic rings. The summed E-state index contributed by atoms with van der Waals surface area (Å²) in [5, 5.41) is 2.51. The lowest BCUT2D eigenvalue weighted by Crippen LogP contribution is -2.36. The van der Waals surface area contributed by atoms with Gasteiger partial charge in [0.1, 0.15) is 5.65 Å². The zero-order valence-electron chi connectivity index (χ0n) is 15.7. The highest BCUT2D eigenvalue weighted by atomic mass is 35.5. The number of hydrogen-bond acceptors (Lipinski definition) is 4. The third-order valence-electron chi connectivity index (χ3n) is 4.92. The van der Waals surface area contributed by atoms with Crippen molar-refractivity contribution in [2.24, 2.45) is 0 Å². The number of rotatable bonds is 4. The molecule has 0 saturated carbocycles. The zero-order chi connectivity index (χ0) is 21.3. The number of morpholine rings is 1. The molecule has 1 fully saturated rings. The normalized spacial score (nSPS) is 14.9. The second-order valence-corrected chi connectivity index (χ2v) is 7.16. The summed E-state index contributed by atoms with van der Waals surface area (Å²) in [7, 11) is 0. The maximum absolute atomic E-state index is 13.7. The monoisotopic (exact) mass is 438 g/mol. The SMILES string of the molecule is O=C(NCc1ccc(N2CCOCC2)cc1C(F)(F)F)c1c(Cl)nc2ccccn12. The molecule has 10 heteroatoms. The number of anilines is 1. The van der Waals surface area contributed by atoms with Gasteiger partial charge in [0.15, 0.2) is 10.8 Å². The lowest BCUT2D eigenvalue weighted by Gasteiger charge is -2.29. The summed E-state index contributed by atoms with van der Waals surface area (Å²) in [6.07, 6.45) is -2.94. The maximum atomic E-state index is 13.7. The van der Waals surface area contributed by atoms with Gasteiger partial charge in [-0.3, -0.25) is 9.20 Å². The molecule has 1 N–H and O–H groups in total. The molecule has 6 nitrogen and oxygen atoms in total. The van der Waals surface area contributed by atoms with Gasteiger partial charge in [-0.25, -0.2) is 4.98 Å². The van der Waals surface area contributed by atoms with Crippen molar-refractivity contribution < 1.29 is 22.7 Å². The van der Waals surface area contributed by atoms with Crippen LogP contribution < -0.4 is 10.2 Å². The van der Waals surface area contributed by atoms with Gasteiger partial charge in [-0.1, -0.05) is 23.7 Å². The lowest BCUT2D eigenvalue weighted by atomic mass is 10.0. The molecule has 0 aliphatic carbocycles. The topological polar surface area (TPSA) is 58.9 Å². The molecule has 1 aromatic carbocycles. The number of nitrogens with zero attached hydrogens (tertiary/aromatic N) is 3. The van der Waals surface area contributed by atoms with Crippen molar-refractivity contribution in [3.8, 4) is 0 Å². The highest BCUT2D eigenvalue weighted by Gasteiger charge is 2.34. The average Bonchev–Trinajstić information content (AvgIpc) is 3.07. The van der Waals surface area contributed by atoms with Crippen molar-refractivity contribution in [1.82, 2.24) is 14.7 Å². The Hall–Kier alpha value is -2.78. The maximum Gasteiger partial charge on any atom is 0.416 e. The first-order chi connectivity index (χ1) is 14.3. The Morgan fingerprint density at radius 2 is 1.97 bits per heavy atom. The Kier molecular flexibility index (Phi) is 5.57. The van der Waals surface area contributed by atoms with E-state index in [1.165, 1.54) is 10.5 Å². The van der Waals surface area contributed by atoms with Crippen LogP contribution >= 0.6 is 11.6 Å². The van der Waals surface area contributed by atoms with E-state index in [2.05, 4.69) is 10.3 Å². The van der Waals surface area contributed by atoms with Gasteiger partial charge in [-0.15, -0.1) is 0 Å². The Balaban J connectivity index is 1.57. The molecule has 0 unspecified atom stereocenters. The molecule has 30 heavy (non-hydrogen) atoms. The van der Waals surface area contributed by atoms with Gasteiger partial charge in [-0.2, -0.15) is 13.2 Å². The smallest absolute Gasteiger partial charge is 0.378 e. The van der Waals surface area contributed by atoms with Crippen molar-refractivity contribution in [3.63, 3.8) is 0 Å². The molecule has 1 saturated heterocycles. The number of carbonyl (C=O) groups is 1. The van der Waals surface area contributed by atoms with E-state index in [4.69, 9.17) is 16.3 Å². The summed E-state index contributed by atoms with van der Waals surface area (Å²) in [5.41, 5.74) is 0.212. The average molecular weight is 439 g/mol. The predicted octanol–water partition coefficient (Wildman–Crippen LogP) is 3.77. The van der Waals surface area contributed by atoms with E-state index < -0.39 is 17.6 Å². The van der Waals surface area contributed by atoms with Crippen LogP contribution in [0.25, 0.3) is 5.65 Å².